The van der Waals surface area contributed by atoms with Gasteiger partial charge in [-0.15, -0.1) is 18.3 Å². The van der Waals surface area contributed by atoms with Crippen molar-refractivity contribution in [1.29, 1.82) is 0 Å². The van der Waals surface area contributed by atoms with Crippen LogP contribution in [-0.4, -0.2) is 32.1 Å². The highest BCUT2D eigenvalue weighted by molar-refractivity contribution is 7.99. The summed E-state index contributed by atoms with van der Waals surface area (Å²) in [5.41, 5.74) is 6.74. The molecule has 1 rings (SSSR count). The molecule has 0 saturated carbocycles. The highest BCUT2D eigenvalue weighted by Gasteiger charge is 2.10. The predicted molar refractivity (Wildman–Crippen MR) is 84.9 cm³/mol. The quantitative estimate of drug-likeness (QED) is 0.510. The number of benzene rings is 1. The molecule has 3 nitrogen and oxygen atoms in total. The standard InChI is InChI=1S/C15H24N2OS/c1-3-11-19-15-9-5-4-8-14(15)17-13(12-18-2)7-6-10-16/h3-5,8-9,13,17H,1,6-7,10-12,16H2,2H3. The molecule has 1 aromatic rings. The third-order valence-corrected chi connectivity index (χ3v) is 3.80. The van der Waals surface area contributed by atoms with Crippen LogP contribution >= 0.6 is 11.8 Å². The van der Waals surface area contributed by atoms with Crippen molar-refractivity contribution in [2.75, 3.05) is 31.3 Å². The van der Waals surface area contributed by atoms with Crippen LogP contribution in [0.15, 0.2) is 41.8 Å². The number of hydrogen-bond acceptors (Lipinski definition) is 4. The fourth-order valence-electron chi connectivity index (χ4n) is 1.84. The molecule has 4 heteroatoms. The fourth-order valence-corrected chi connectivity index (χ4v) is 2.60. The second-order valence-electron chi connectivity index (χ2n) is 4.32. The Hall–Kier alpha value is -0.970. The number of nitrogens with one attached hydrogen (secondary N) is 1. The van der Waals surface area contributed by atoms with E-state index in [2.05, 4.69) is 30.1 Å². The Labute approximate surface area is 120 Å². The fraction of sp³-hybridized carbons (Fsp3) is 0.467. The number of thioether (sulfide) groups is 1. The Morgan fingerprint density at radius 3 is 2.95 bits per heavy atom. The van der Waals surface area contributed by atoms with Crippen molar-refractivity contribution in [2.24, 2.45) is 5.73 Å². The van der Waals surface area contributed by atoms with Crippen LogP contribution < -0.4 is 11.1 Å². The molecular formula is C15H24N2OS. The van der Waals surface area contributed by atoms with Crippen LogP contribution in [0.1, 0.15) is 12.8 Å². The van der Waals surface area contributed by atoms with Crippen LogP contribution in [0.25, 0.3) is 0 Å². The average molecular weight is 280 g/mol. The minimum atomic E-state index is 0.305. The van der Waals surface area contributed by atoms with E-state index in [4.69, 9.17) is 10.5 Å². The highest BCUT2D eigenvalue weighted by Crippen LogP contribution is 2.27. The largest absolute Gasteiger partial charge is 0.383 e. The van der Waals surface area contributed by atoms with Gasteiger partial charge in [0.15, 0.2) is 0 Å². The molecule has 0 amide bonds. The van der Waals surface area contributed by atoms with E-state index in [0.717, 1.165) is 30.8 Å². The van der Waals surface area contributed by atoms with Gasteiger partial charge in [-0.25, -0.2) is 0 Å². The van der Waals surface area contributed by atoms with Crippen LogP contribution in [0.5, 0.6) is 0 Å². The van der Waals surface area contributed by atoms with Gasteiger partial charge in [-0.05, 0) is 31.5 Å². The molecule has 0 aliphatic heterocycles. The molecule has 0 aliphatic rings. The van der Waals surface area contributed by atoms with Gasteiger partial charge in [0.25, 0.3) is 0 Å². The lowest BCUT2D eigenvalue weighted by Gasteiger charge is -2.20. The molecule has 0 bridgehead atoms. The molecule has 0 fully saturated rings. The summed E-state index contributed by atoms with van der Waals surface area (Å²) in [5.74, 6) is 0.913. The van der Waals surface area contributed by atoms with Gasteiger partial charge in [-0.1, -0.05) is 18.2 Å². The SMILES string of the molecule is C=CCSc1ccccc1NC(CCCN)COC. The maximum absolute atomic E-state index is 5.58. The Morgan fingerprint density at radius 1 is 1.47 bits per heavy atom. The van der Waals surface area contributed by atoms with E-state index in [0.29, 0.717) is 12.6 Å². The summed E-state index contributed by atoms with van der Waals surface area (Å²) in [6.45, 7) is 5.17. The zero-order valence-corrected chi connectivity index (χ0v) is 12.4. The van der Waals surface area contributed by atoms with Crippen molar-refractivity contribution in [2.45, 2.75) is 23.8 Å². The van der Waals surface area contributed by atoms with Crippen molar-refractivity contribution >= 4 is 17.4 Å². The van der Waals surface area contributed by atoms with E-state index in [1.165, 1.54) is 4.90 Å². The Balaban J connectivity index is 2.68. The summed E-state index contributed by atoms with van der Waals surface area (Å²) in [5, 5.41) is 3.56. The molecule has 0 aromatic heterocycles. The Bertz CT molecular complexity index is 371. The van der Waals surface area contributed by atoms with Gasteiger partial charge in [-0.3, -0.25) is 0 Å². The Kier molecular flexibility index (Phi) is 8.38. The molecule has 1 atom stereocenters. The van der Waals surface area contributed by atoms with E-state index < -0.39 is 0 Å². The summed E-state index contributed by atoms with van der Waals surface area (Å²) < 4.78 is 5.27. The summed E-state index contributed by atoms with van der Waals surface area (Å²) in [6.07, 6.45) is 3.94. The van der Waals surface area contributed by atoms with Crippen LogP contribution in [0.2, 0.25) is 0 Å². The first-order valence-corrected chi connectivity index (χ1v) is 7.58. The van der Waals surface area contributed by atoms with Gasteiger partial charge >= 0.3 is 0 Å². The monoisotopic (exact) mass is 280 g/mol. The van der Waals surface area contributed by atoms with Crippen molar-refractivity contribution in [3.05, 3.63) is 36.9 Å². The average Bonchev–Trinajstić information content (AvgIpc) is 2.44. The van der Waals surface area contributed by atoms with Crippen molar-refractivity contribution in [1.82, 2.24) is 0 Å². The normalized spacial score (nSPS) is 12.1. The van der Waals surface area contributed by atoms with E-state index in [-0.39, 0.29) is 0 Å². The number of anilines is 1. The van der Waals surface area contributed by atoms with Crippen LogP contribution in [-0.2, 0) is 4.74 Å². The maximum atomic E-state index is 5.58. The zero-order valence-electron chi connectivity index (χ0n) is 11.6. The number of rotatable bonds is 10. The molecule has 0 heterocycles. The highest BCUT2D eigenvalue weighted by atomic mass is 32.2. The summed E-state index contributed by atoms with van der Waals surface area (Å²) in [4.78, 5) is 1.25. The van der Waals surface area contributed by atoms with E-state index in [9.17, 15) is 0 Å². The molecule has 106 valence electrons. The first kappa shape index (κ1) is 16.1. The van der Waals surface area contributed by atoms with E-state index >= 15 is 0 Å². The Morgan fingerprint density at radius 2 is 2.26 bits per heavy atom. The minimum Gasteiger partial charge on any atom is -0.383 e. The lowest BCUT2D eigenvalue weighted by molar-refractivity contribution is 0.182. The summed E-state index contributed by atoms with van der Waals surface area (Å²) in [6, 6.07) is 8.65. The number of methoxy groups -OCH3 is 1. The smallest absolute Gasteiger partial charge is 0.0664 e. The van der Waals surface area contributed by atoms with Gasteiger partial charge in [-0.2, -0.15) is 0 Å². The molecular weight excluding hydrogens is 256 g/mol. The third kappa shape index (κ3) is 6.14. The van der Waals surface area contributed by atoms with Crippen molar-refractivity contribution in [3.63, 3.8) is 0 Å². The first-order chi connectivity index (χ1) is 9.31. The van der Waals surface area contributed by atoms with Crippen LogP contribution in [0.3, 0.4) is 0 Å². The third-order valence-electron chi connectivity index (χ3n) is 2.73. The van der Waals surface area contributed by atoms with E-state index in [1.807, 2.05) is 12.1 Å². The van der Waals surface area contributed by atoms with Crippen LogP contribution in [0.4, 0.5) is 5.69 Å². The first-order valence-electron chi connectivity index (χ1n) is 6.60. The molecule has 0 radical (unpaired) electrons. The number of ether oxygens (including phenoxy) is 1. The lowest BCUT2D eigenvalue weighted by atomic mass is 10.1. The van der Waals surface area contributed by atoms with Gasteiger partial charge in [0, 0.05) is 29.5 Å². The molecule has 1 aromatic carbocycles. The van der Waals surface area contributed by atoms with E-state index in [1.54, 1.807) is 18.9 Å². The summed E-state index contributed by atoms with van der Waals surface area (Å²) in [7, 11) is 1.73. The molecule has 0 aliphatic carbocycles. The second kappa shape index (κ2) is 9.89. The predicted octanol–water partition coefficient (Wildman–Crippen LogP) is 3.13. The van der Waals surface area contributed by atoms with Gasteiger partial charge in [0.05, 0.1) is 6.61 Å². The second-order valence-corrected chi connectivity index (χ2v) is 5.39. The molecule has 0 spiro atoms. The molecule has 0 saturated heterocycles. The maximum Gasteiger partial charge on any atom is 0.0664 e. The van der Waals surface area contributed by atoms with Gasteiger partial charge in [0.2, 0.25) is 0 Å². The zero-order chi connectivity index (χ0) is 13.9. The van der Waals surface area contributed by atoms with Gasteiger partial charge < -0.3 is 15.8 Å². The van der Waals surface area contributed by atoms with Crippen molar-refractivity contribution < 1.29 is 4.74 Å². The topological polar surface area (TPSA) is 47.3 Å². The molecule has 3 N–H and O–H groups in total. The minimum absolute atomic E-state index is 0.305. The van der Waals surface area contributed by atoms with Gasteiger partial charge in [0.1, 0.15) is 0 Å². The number of hydrogen-bond donors (Lipinski definition) is 2. The molecule has 19 heavy (non-hydrogen) atoms. The summed E-state index contributed by atoms with van der Waals surface area (Å²) >= 11 is 1.78. The van der Waals surface area contributed by atoms with Crippen LogP contribution in [0, 0.1) is 0 Å². The number of nitrogens with two attached hydrogens (primary N) is 1. The molecule has 1 unspecified atom stereocenters. The lowest BCUT2D eigenvalue weighted by Crippen LogP contribution is -2.26. The number of para-hydroxylation sites is 1. The van der Waals surface area contributed by atoms with Crippen molar-refractivity contribution in [3.8, 4) is 0 Å².